The van der Waals surface area contributed by atoms with Gasteiger partial charge in [0.2, 0.25) is 6.41 Å². The maximum absolute atomic E-state index is 9.06. The van der Waals surface area contributed by atoms with Gasteiger partial charge in [0, 0.05) is 46.8 Å². The molecule has 1 aromatic heterocycles. The Morgan fingerprint density at radius 3 is 2.09 bits per heavy atom. The number of hydrogen-bond acceptors (Lipinski definition) is 9. The number of carbonyl (C=O) groups excluding carboxylic acids is 2. The summed E-state index contributed by atoms with van der Waals surface area (Å²) in [5, 5.41) is 8.02. The number of hydrogen-bond donors (Lipinski definition) is 3. The average molecular weight is 600 g/mol. The number of pyridine rings is 1. The van der Waals surface area contributed by atoms with Gasteiger partial charge in [-0.1, -0.05) is 12.6 Å². The molecular formula is C34H41N5O5. The van der Waals surface area contributed by atoms with Gasteiger partial charge in [0.25, 0.3) is 0 Å². The van der Waals surface area contributed by atoms with Crippen molar-refractivity contribution in [1.82, 2.24) is 9.88 Å². The number of aryl methyl sites for hydroxylation is 1. The second kappa shape index (κ2) is 17.1. The maximum atomic E-state index is 9.06. The second-order valence-corrected chi connectivity index (χ2v) is 10.0. The quantitative estimate of drug-likeness (QED) is 0.155. The third-order valence-corrected chi connectivity index (χ3v) is 6.97. The number of methoxy groups -OCH3 is 2. The van der Waals surface area contributed by atoms with E-state index in [1.165, 1.54) is 18.9 Å². The van der Waals surface area contributed by atoms with Gasteiger partial charge in [-0.25, -0.2) is 0 Å². The van der Waals surface area contributed by atoms with Crippen LogP contribution in [0.5, 0.6) is 23.0 Å². The first-order valence-electron chi connectivity index (χ1n) is 14.2. The van der Waals surface area contributed by atoms with Crippen LogP contribution in [0.3, 0.4) is 0 Å². The molecule has 0 aliphatic carbocycles. The standard InChI is InChI=1S/C30H34N4O3.C3H4O.CH3NO/c1-20-5-6-24(33-22-9-7-21(8-10-22)32-23-12-15-34(2)16-13-23)17-28(20)37-27-11-14-31-26-19-30(36-4)29(35-3)18-25(26)27;1-2-3-4;2-1-3/h5-11,14,17-19,23,32-33H,12-13,15-16H2,1-4H3;2-3H,1H2;1H,(H2,2,3). The highest BCUT2D eigenvalue weighted by Gasteiger charge is 2.16. The lowest BCUT2D eigenvalue weighted by atomic mass is 10.1. The van der Waals surface area contributed by atoms with E-state index in [0.717, 1.165) is 52.4 Å². The summed E-state index contributed by atoms with van der Waals surface area (Å²) in [6, 6.07) is 20.8. The van der Waals surface area contributed by atoms with E-state index in [9.17, 15) is 0 Å². The van der Waals surface area contributed by atoms with Crippen LogP contribution in [0.2, 0.25) is 0 Å². The summed E-state index contributed by atoms with van der Waals surface area (Å²) in [6.45, 7) is 7.44. The van der Waals surface area contributed by atoms with Gasteiger partial charge in [-0.15, -0.1) is 0 Å². The van der Waals surface area contributed by atoms with Crippen molar-refractivity contribution >= 4 is 40.7 Å². The number of likely N-dealkylation sites (tertiary alicyclic amines) is 1. The number of aldehydes is 1. The van der Waals surface area contributed by atoms with Crippen molar-refractivity contribution in [2.75, 3.05) is 45.0 Å². The van der Waals surface area contributed by atoms with E-state index in [0.29, 0.717) is 29.6 Å². The Labute approximate surface area is 258 Å². The molecule has 0 bridgehead atoms. The number of ether oxygens (including phenoxy) is 3. The molecule has 1 aliphatic rings. The van der Waals surface area contributed by atoms with Crippen LogP contribution in [0.4, 0.5) is 17.1 Å². The molecule has 1 amide bonds. The summed E-state index contributed by atoms with van der Waals surface area (Å²) in [7, 11) is 5.43. The molecule has 0 saturated carbocycles. The Morgan fingerprint density at radius 1 is 0.886 bits per heavy atom. The van der Waals surface area contributed by atoms with Crippen molar-refractivity contribution < 1.29 is 23.8 Å². The number of nitrogens with zero attached hydrogens (tertiary/aromatic N) is 2. The van der Waals surface area contributed by atoms with E-state index in [-0.39, 0.29) is 6.41 Å². The fourth-order valence-corrected chi connectivity index (χ4v) is 4.65. The van der Waals surface area contributed by atoms with Gasteiger partial charge in [0.05, 0.1) is 19.7 Å². The molecule has 1 fully saturated rings. The van der Waals surface area contributed by atoms with Crippen molar-refractivity contribution in [3.05, 3.63) is 85.1 Å². The third-order valence-electron chi connectivity index (χ3n) is 6.97. The molecule has 3 aromatic carbocycles. The van der Waals surface area contributed by atoms with Gasteiger partial charge < -0.3 is 35.5 Å². The second-order valence-electron chi connectivity index (χ2n) is 10.0. The van der Waals surface area contributed by atoms with Crippen molar-refractivity contribution in [2.24, 2.45) is 5.73 Å². The van der Waals surface area contributed by atoms with Crippen LogP contribution in [0.15, 0.2) is 79.5 Å². The number of carbonyl (C=O) groups is 2. The monoisotopic (exact) mass is 599 g/mol. The lowest BCUT2D eigenvalue weighted by Crippen LogP contribution is -2.36. The number of benzene rings is 3. The zero-order valence-electron chi connectivity index (χ0n) is 25.7. The minimum atomic E-state index is 0.250. The Kier molecular flexibility index (Phi) is 13.0. The minimum Gasteiger partial charge on any atom is -0.493 e. The molecule has 10 heteroatoms. The van der Waals surface area contributed by atoms with E-state index in [1.54, 1.807) is 20.4 Å². The van der Waals surface area contributed by atoms with Crippen molar-refractivity contribution in [3.8, 4) is 23.0 Å². The lowest BCUT2D eigenvalue weighted by Gasteiger charge is -2.30. The topological polar surface area (TPSA) is 128 Å². The molecule has 4 aromatic rings. The molecule has 232 valence electrons. The molecule has 10 nitrogen and oxygen atoms in total. The van der Waals surface area contributed by atoms with Gasteiger partial charge in [-0.05, 0) is 94.0 Å². The zero-order chi connectivity index (χ0) is 31.9. The van der Waals surface area contributed by atoms with Crippen LogP contribution in [0.1, 0.15) is 18.4 Å². The van der Waals surface area contributed by atoms with E-state index < -0.39 is 0 Å². The highest BCUT2D eigenvalue weighted by Crippen LogP contribution is 2.38. The number of primary amides is 1. The Hall–Kier alpha value is -5.09. The van der Waals surface area contributed by atoms with Crippen LogP contribution >= 0.6 is 0 Å². The summed E-state index contributed by atoms with van der Waals surface area (Å²) in [5.41, 5.74) is 9.11. The number of allylic oxidation sites excluding steroid dienone is 1. The van der Waals surface area contributed by atoms with Crippen LogP contribution in [-0.2, 0) is 9.59 Å². The number of rotatable bonds is 9. The van der Waals surface area contributed by atoms with Gasteiger partial charge in [0.15, 0.2) is 11.5 Å². The SMILES string of the molecule is C=CC=O.COc1cc2nccc(Oc3cc(Nc4ccc(NC5CCN(C)CC5)cc4)ccc3C)c2cc1OC.NC=O. The largest absolute Gasteiger partial charge is 0.493 e. The van der Waals surface area contributed by atoms with Crippen LogP contribution in [0, 0.1) is 6.92 Å². The Balaban J connectivity index is 0.000000688. The highest BCUT2D eigenvalue weighted by atomic mass is 16.5. The van der Waals surface area contributed by atoms with Crippen molar-refractivity contribution in [1.29, 1.82) is 0 Å². The molecule has 4 N–H and O–H groups in total. The number of anilines is 3. The van der Waals surface area contributed by atoms with E-state index >= 15 is 0 Å². The molecule has 5 rings (SSSR count). The fourth-order valence-electron chi connectivity index (χ4n) is 4.65. The molecular weight excluding hydrogens is 558 g/mol. The molecule has 0 spiro atoms. The number of amides is 1. The molecule has 0 unspecified atom stereocenters. The fraction of sp³-hybridized carbons (Fsp3) is 0.265. The molecule has 2 heterocycles. The van der Waals surface area contributed by atoms with Gasteiger partial charge in [0.1, 0.15) is 17.8 Å². The molecule has 0 atom stereocenters. The average Bonchev–Trinajstić information content (AvgIpc) is 3.04. The van der Waals surface area contributed by atoms with Gasteiger partial charge in [-0.3, -0.25) is 14.6 Å². The zero-order valence-corrected chi connectivity index (χ0v) is 25.7. The molecule has 1 aliphatic heterocycles. The Bertz CT molecular complexity index is 1510. The first-order valence-corrected chi connectivity index (χ1v) is 14.2. The summed E-state index contributed by atoms with van der Waals surface area (Å²) in [5.74, 6) is 2.74. The number of nitrogens with one attached hydrogen (secondary N) is 2. The molecule has 1 saturated heterocycles. The van der Waals surface area contributed by atoms with Crippen molar-refractivity contribution in [2.45, 2.75) is 25.8 Å². The van der Waals surface area contributed by atoms with Crippen LogP contribution in [0.25, 0.3) is 10.9 Å². The van der Waals surface area contributed by atoms with Gasteiger partial charge in [-0.2, -0.15) is 0 Å². The smallest absolute Gasteiger partial charge is 0.204 e. The predicted octanol–water partition coefficient (Wildman–Crippen LogP) is 6.08. The first-order chi connectivity index (χ1) is 21.3. The third kappa shape index (κ3) is 9.47. The lowest BCUT2D eigenvalue weighted by molar-refractivity contribution is -0.107. The first kappa shape index (κ1) is 33.4. The van der Waals surface area contributed by atoms with Crippen molar-refractivity contribution in [3.63, 3.8) is 0 Å². The number of piperidine rings is 1. The number of aromatic nitrogens is 1. The molecule has 0 radical (unpaired) electrons. The predicted molar refractivity (Wildman–Crippen MR) is 176 cm³/mol. The highest BCUT2D eigenvalue weighted by molar-refractivity contribution is 5.88. The van der Waals surface area contributed by atoms with Crippen LogP contribution < -0.4 is 30.6 Å². The maximum Gasteiger partial charge on any atom is 0.204 e. The van der Waals surface area contributed by atoms with Gasteiger partial charge >= 0.3 is 0 Å². The summed E-state index contributed by atoms with van der Waals surface area (Å²) < 4.78 is 17.3. The Morgan fingerprint density at radius 2 is 1.48 bits per heavy atom. The summed E-state index contributed by atoms with van der Waals surface area (Å²) in [6.07, 6.45) is 6.17. The minimum absolute atomic E-state index is 0.250. The summed E-state index contributed by atoms with van der Waals surface area (Å²) >= 11 is 0. The van der Waals surface area contributed by atoms with E-state index in [4.69, 9.17) is 23.8 Å². The number of fused-ring (bicyclic) bond motifs is 1. The normalized spacial score (nSPS) is 12.8. The van der Waals surface area contributed by atoms with E-state index in [1.807, 2.05) is 31.2 Å². The number of nitrogens with two attached hydrogens (primary N) is 1. The summed E-state index contributed by atoms with van der Waals surface area (Å²) in [4.78, 5) is 24.5. The van der Waals surface area contributed by atoms with E-state index in [2.05, 4.69) is 76.3 Å². The van der Waals surface area contributed by atoms with Crippen LogP contribution in [-0.4, -0.2) is 63.0 Å². The molecule has 44 heavy (non-hydrogen) atoms.